The number of halogens is 1. The zero-order valence-corrected chi connectivity index (χ0v) is 12.3. The highest BCUT2D eigenvalue weighted by Gasteiger charge is 2.30. The molecule has 0 bridgehead atoms. The first kappa shape index (κ1) is 14.6. The van der Waals surface area contributed by atoms with Crippen molar-refractivity contribution in [1.82, 2.24) is 25.6 Å². The van der Waals surface area contributed by atoms with Gasteiger partial charge in [0.1, 0.15) is 17.1 Å². The number of aromatic nitrogens is 3. The Morgan fingerprint density at radius 1 is 1.32 bits per heavy atom. The molecule has 2 heterocycles. The fraction of sp³-hybridized carbons (Fsp3) is 0.400. The average Bonchev–Trinajstić information content (AvgIpc) is 3.01. The third kappa shape index (κ3) is 2.85. The molecule has 3 rings (SSSR count). The molecule has 1 amide bonds. The van der Waals surface area contributed by atoms with E-state index in [0.717, 1.165) is 25.9 Å². The summed E-state index contributed by atoms with van der Waals surface area (Å²) in [6.45, 7) is 3.65. The fourth-order valence-electron chi connectivity index (χ4n) is 2.68. The van der Waals surface area contributed by atoms with Crippen molar-refractivity contribution in [3.05, 3.63) is 42.0 Å². The molecular weight excluding hydrogens is 285 g/mol. The van der Waals surface area contributed by atoms with Crippen molar-refractivity contribution in [2.75, 3.05) is 13.1 Å². The first-order chi connectivity index (χ1) is 10.6. The number of rotatable bonds is 3. The second-order valence-corrected chi connectivity index (χ2v) is 5.72. The van der Waals surface area contributed by atoms with Crippen molar-refractivity contribution in [2.45, 2.75) is 25.3 Å². The van der Waals surface area contributed by atoms with Crippen LogP contribution >= 0.6 is 0 Å². The molecule has 0 radical (unpaired) electrons. The molecule has 6 nitrogen and oxygen atoms in total. The summed E-state index contributed by atoms with van der Waals surface area (Å²) in [6.07, 6.45) is 4.59. The average molecular weight is 303 g/mol. The zero-order valence-electron chi connectivity index (χ0n) is 12.3. The van der Waals surface area contributed by atoms with E-state index in [1.165, 1.54) is 29.3 Å². The monoisotopic (exact) mass is 303 g/mol. The molecule has 1 aliphatic heterocycles. The summed E-state index contributed by atoms with van der Waals surface area (Å²) in [5.41, 5.74) is -0.0297. The van der Waals surface area contributed by atoms with E-state index in [1.807, 2.05) is 6.92 Å². The summed E-state index contributed by atoms with van der Waals surface area (Å²) in [6, 6.07) is 4.44. The van der Waals surface area contributed by atoms with E-state index in [9.17, 15) is 9.18 Å². The van der Waals surface area contributed by atoms with Crippen LogP contribution in [0.1, 0.15) is 30.1 Å². The molecule has 0 unspecified atom stereocenters. The second-order valence-electron chi connectivity index (χ2n) is 5.72. The number of amides is 1. The molecule has 0 saturated carbocycles. The Balaban J connectivity index is 1.92. The fourth-order valence-corrected chi connectivity index (χ4v) is 2.68. The van der Waals surface area contributed by atoms with Crippen LogP contribution in [0.15, 0.2) is 30.6 Å². The number of carbonyl (C=O) groups is 1. The van der Waals surface area contributed by atoms with Gasteiger partial charge < -0.3 is 10.6 Å². The van der Waals surface area contributed by atoms with Gasteiger partial charge in [0.2, 0.25) is 0 Å². The van der Waals surface area contributed by atoms with Crippen LogP contribution in [0.5, 0.6) is 0 Å². The lowest BCUT2D eigenvalue weighted by Crippen LogP contribution is -2.52. The minimum Gasteiger partial charge on any atom is -0.347 e. The van der Waals surface area contributed by atoms with E-state index in [1.54, 1.807) is 6.07 Å². The molecule has 7 heteroatoms. The molecule has 0 atom stereocenters. The predicted molar refractivity (Wildman–Crippen MR) is 79.3 cm³/mol. The topological polar surface area (TPSA) is 71.8 Å². The standard InChI is InChI=1S/C15H18FN5O/c1-15(5-7-17-8-6-15)20-14(22)13-11(16)3-2-4-12(13)21-18-9-10-19-21/h2-4,9-10,17H,5-8H2,1H3,(H,20,22). The Morgan fingerprint density at radius 3 is 2.68 bits per heavy atom. The van der Waals surface area contributed by atoms with E-state index < -0.39 is 11.7 Å². The van der Waals surface area contributed by atoms with Gasteiger partial charge in [-0.05, 0) is 45.0 Å². The normalized spacial score (nSPS) is 17.2. The highest BCUT2D eigenvalue weighted by molar-refractivity contribution is 5.98. The molecule has 2 aromatic rings. The third-order valence-electron chi connectivity index (χ3n) is 3.98. The number of hydrogen-bond acceptors (Lipinski definition) is 4. The van der Waals surface area contributed by atoms with Crippen molar-refractivity contribution >= 4 is 5.91 Å². The van der Waals surface area contributed by atoms with Crippen molar-refractivity contribution in [3.8, 4) is 5.69 Å². The molecule has 1 aromatic carbocycles. The third-order valence-corrected chi connectivity index (χ3v) is 3.98. The Kier molecular flexibility index (Phi) is 3.89. The number of piperidine rings is 1. The Bertz CT molecular complexity index is 665. The lowest BCUT2D eigenvalue weighted by molar-refractivity contribution is 0.0883. The summed E-state index contributed by atoms with van der Waals surface area (Å²) in [5, 5.41) is 14.2. The Labute approximate surface area is 127 Å². The molecule has 2 N–H and O–H groups in total. The van der Waals surface area contributed by atoms with Gasteiger partial charge in [0.05, 0.1) is 12.4 Å². The SMILES string of the molecule is CC1(NC(=O)c2c(F)cccc2-n2nccn2)CCNCC1. The van der Waals surface area contributed by atoms with Gasteiger partial charge in [-0.25, -0.2) is 4.39 Å². The summed E-state index contributed by atoms with van der Waals surface area (Å²) < 4.78 is 14.2. The molecule has 1 aliphatic rings. The zero-order chi connectivity index (χ0) is 15.6. The van der Waals surface area contributed by atoms with Gasteiger partial charge in [-0.2, -0.15) is 15.0 Å². The van der Waals surface area contributed by atoms with Gasteiger partial charge in [0.15, 0.2) is 0 Å². The molecule has 0 spiro atoms. The summed E-state index contributed by atoms with van der Waals surface area (Å²) in [7, 11) is 0. The number of nitrogens with zero attached hydrogens (tertiary/aromatic N) is 3. The highest BCUT2D eigenvalue weighted by Crippen LogP contribution is 2.21. The molecule has 1 saturated heterocycles. The summed E-state index contributed by atoms with van der Waals surface area (Å²) in [4.78, 5) is 13.9. The second kappa shape index (κ2) is 5.84. The van der Waals surface area contributed by atoms with Crippen LogP contribution in [0.3, 0.4) is 0 Å². The minimum atomic E-state index is -0.579. The van der Waals surface area contributed by atoms with Crippen molar-refractivity contribution in [2.24, 2.45) is 0 Å². The number of nitrogens with one attached hydrogen (secondary N) is 2. The molecule has 116 valence electrons. The lowest BCUT2D eigenvalue weighted by Gasteiger charge is -2.35. The van der Waals surface area contributed by atoms with Crippen LogP contribution in [-0.4, -0.2) is 39.5 Å². The van der Waals surface area contributed by atoms with E-state index >= 15 is 0 Å². The first-order valence-electron chi connectivity index (χ1n) is 7.27. The van der Waals surface area contributed by atoms with Crippen LogP contribution < -0.4 is 10.6 Å². The smallest absolute Gasteiger partial charge is 0.256 e. The molecule has 0 aliphatic carbocycles. The summed E-state index contributed by atoms with van der Waals surface area (Å²) in [5.74, 6) is -1.01. The molecule has 1 fully saturated rings. The number of carbonyl (C=O) groups excluding carboxylic acids is 1. The Hall–Kier alpha value is -2.28. The van der Waals surface area contributed by atoms with Crippen LogP contribution in [-0.2, 0) is 0 Å². The van der Waals surface area contributed by atoms with Crippen molar-refractivity contribution in [3.63, 3.8) is 0 Å². The van der Waals surface area contributed by atoms with E-state index in [4.69, 9.17) is 0 Å². The van der Waals surface area contributed by atoms with E-state index in [0.29, 0.717) is 5.69 Å². The van der Waals surface area contributed by atoms with E-state index in [-0.39, 0.29) is 11.1 Å². The minimum absolute atomic E-state index is 0.0292. The number of hydrogen-bond donors (Lipinski definition) is 2. The maximum atomic E-state index is 14.2. The van der Waals surface area contributed by atoms with E-state index in [2.05, 4.69) is 20.8 Å². The van der Waals surface area contributed by atoms with Gasteiger partial charge in [-0.1, -0.05) is 6.07 Å². The molecular formula is C15H18FN5O. The largest absolute Gasteiger partial charge is 0.347 e. The maximum Gasteiger partial charge on any atom is 0.256 e. The van der Waals surface area contributed by atoms with Gasteiger partial charge in [0, 0.05) is 5.54 Å². The maximum absolute atomic E-state index is 14.2. The Morgan fingerprint density at radius 2 is 2.00 bits per heavy atom. The molecule has 1 aromatic heterocycles. The van der Waals surface area contributed by atoms with Crippen LogP contribution in [0.25, 0.3) is 5.69 Å². The van der Waals surface area contributed by atoms with Crippen molar-refractivity contribution < 1.29 is 9.18 Å². The predicted octanol–water partition coefficient (Wildman–Crippen LogP) is 1.28. The molecule has 22 heavy (non-hydrogen) atoms. The van der Waals surface area contributed by atoms with Crippen LogP contribution in [0.2, 0.25) is 0 Å². The van der Waals surface area contributed by atoms with Gasteiger partial charge >= 0.3 is 0 Å². The first-order valence-corrected chi connectivity index (χ1v) is 7.27. The lowest BCUT2D eigenvalue weighted by atomic mass is 9.90. The van der Waals surface area contributed by atoms with Crippen LogP contribution in [0.4, 0.5) is 4.39 Å². The summed E-state index contributed by atoms with van der Waals surface area (Å²) >= 11 is 0. The van der Waals surface area contributed by atoms with Gasteiger partial charge in [0.25, 0.3) is 5.91 Å². The van der Waals surface area contributed by atoms with Gasteiger partial charge in [-0.15, -0.1) is 0 Å². The van der Waals surface area contributed by atoms with Gasteiger partial charge in [-0.3, -0.25) is 4.79 Å². The van der Waals surface area contributed by atoms with Crippen LogP contribution in [0, 0.1) is 5.82 Å². The quantitative estimate of drug-likeness (QED) is 0.896. The highest BCUT2D eigenvalue weighted by atomic mass is 19.1. The van der Waals surface area contributed by atoms with Crippen molar-refractivity contribution in [1.29, 1.82) is 0 Å². The number of benzene rings is 1.